The predicted molar refractivity (Wildman–Crippen MR) is 57.5 cm³/mol. The van der Waals surface area contributed by atoms with Crippen molar-refractivity contribution in [2.75, 3.05) is 19.0 Å². The summed E-state index contributed by atoms with van der Waals surface area (Å²) in [6, 6.07) is 0. The van der Waals surface area contributed by atoms with E-state index in [-0.39, 0.29) is 11.6 Å². The van der Waals surface area contributed by atoms with Gasteiger partial charge in [-0.05, 0) is 12.8 Å². The number of hydrogen-bond donors (Lipinski definition) is 2. The minimum absolute atomic E-state index is 0.124. The number of anilines is 1. The first kappa shape index (κ1) is 11.6. The average Bonchev–Trinajstić information content (AvgIpc) is 2.98. The zero-order chi connectivity index (χ0) is 12.3. The van der Waals surface area contributed by atoms with Crippen molar-refractivity contribution < 1.29 is 19.1 Å². The highest BCUT2D eigenvalue weighted by Crippen LogP contribution is 2.17. The van der Waals surface area contributed by atoms with E-state index in [1.54, 1.807) is 0 Å². The highest BCUT2D eigenvalue weighted by atomic mass is 16.5. The molecule has 1 fully saturated rings. The predicted octanol–water partition coefficient (Wildman–Crippen LogP) is 0.314. The summed E-state index contributed by atoms with van der Waals surface area (Å²) >= 11 is 0. The standard InChI is InChI=1S/C10H13N3O4/c1-16-10(15)8-6(5-11-13-8)12-9(14)7-3-2-4-17-7/h5,7H,2-4H2,1H3,(H,11,13)(H,12,14)/t7-/m0/s1. The molecule has 1 saturated heterocycles. The molecule has 1 amide bonds. The quantitative estimate of drug-likeness (QED) is 0.740. The Labute approximate surface area is 97.5 Å². The maximum absolute atomic E-state index is 11.7. The molecule has 1 aliphatic rings. The Kier molecular flexibility index (Phi) is 3.38. The monoisotopic (exact) mass is 239 g/mol. The van der Waals surface area contributed by atoms with Crippen LogP contribution in [0.4, 0.5) is 5.69 Å². The topological polar surface area (TPSA) is 93.3 Å². The van der Waals surface area contributed by atoms with Gasteiger partial charge in [0.15, 0.2) is 5.69 Å². The van der Waals surface area contributed by atoms with Gasteiger partial charge >= 0.3 is 5.97 Å². The fraction of sp³-hybridized carbons (Fsp3) is 0.500. The molecule has 1 aromatic heterocycles. The van der Waals surface area contributed by atoms with Gasteiger partial charge in [-0.15, -0.1) is 0 Å². The lowest BCUT2D eigenvalue weighted by atomic mass is 10.2. The summed E-state index contributed by atoms with van der Waals surface area (Å²) in [5.41, 5.74) is 0.427. The number of amides is 1. The Morgan fingerprint density at radius 3 is 3.12 bits per heavy atom. The van der Waals surface area contributed by atoms with E-state index in [2.05, 4.69) is 20.3 Å². The smallest absolute Gasteiger partial charge is 0.358 e. The van der Waals surface area contributed by atoms with E-state index in [0.717, 1.165) is 6.42 Å². The van der Waals surface area contributed by atoms with Crippen molar-refractivity contribution in [2.45, 2.75) is 18.9 Å². The number of aromatic nitrogens is 2. The Balaban J connectivity index is 2.05. The Morgan fingerprint density at radius 1 is 1.65 bits per heavy atom. The first-order valence-electron chi connectivity index (χ1n) is 5.26. The molecular weight excluding hydrogens is 226 g/mol. The van der Waals surface area contributed by atoms with Gasteiger partial charge in [-0.2, -0.15) is 5.10 Å². The first-order valence-corrected chi connectivity index (χ1v) is 5.26. The van der Waals surface area contributed by atoms with E-state index in [0.29, 0.717) is 18.7 Å². The Bertz CT molecular complexity index is 423. The fourth-order valence-electron chi connectivity index (χ4n) is 1.64. The van der Waals surface area contributed by atoms with Gasteiger partial charge in [0.25, 0.3) is 5.91 Å². The van der Waals surface area contributed by atoms with Crippen LogP contribution in [0.15, 0.2) is 6.20 Å². The Morgan fingerprint density at radius 2 is 2.47 bits per heavy atom. The van der Waals surface area contributed by atoms with Crippen LogP contribution in [0.5, 0.6) is 0 Å². The molecule has 1 aromatic rings. The number of methoxy groups -OCH3 is 1. The number of aromatic amines is 1. The van der Waals surface area contributed by atoms with Gasteiger partial charge in [-0.25, -0.2) is 4.79 Å². The minimum Gasteiger partial charge on any atom is -0.464 e. The van der Waals surface area contributed by atoms with Crippen LogP contribution in [0.3, 0.4) is 0 Å². The molecule has 0 unspecified atom stereocenters. The van der Waals surface area contributed by atoms with E-state index in [1.807, 2.05) is 0 Å². The molecule has 1 aliphatic heterocycles. The van der Waals surface area contributed by atoms with E-state index < -0.39 is 12.1 Å². The summed E-state index contributed by atoms with van der Waals surface area (Å²) in [6.45, 7) is 0.591. The second kappa shape index (κ2) is 4.96. The van der Waals surface area contributed by atoms with Gasteiger partial charge in [-0.1, -0.05) is 0 Å². The van der Waals surface area contributed by atoms with Crippen molar-refractivity contribution >= 4 is 17.6 Å². The first-order chi connectivity index (χ1) is 8.22. The number of nitrogens with one attached hydrogen (secondary N) is 2. The summed E-state index contributed by atoms with van der Waals surface area (Å²) in [5, 5.41) is 8.75. The van der Waals surface area contributed by atoms with Gasteiger partial charge in [0, 0.05) is 6.61 Å². The number of ether oxygens (including phenoxy) is 2. The largest absolute Gasteiger partial charge is 0.464 e. The molecule has 2 N–H and O–H groups in total. The van der Waals surface area contributed by atoms with E-state index in [9.17, 15) is 9.59 Å². The lowest BCUT2D eigenvalue weighted by Crippen LogP contribution is -2.27. The van der Waals surface area contributed by atoms with Crippen molar-refractivity contribution in [2.24, 2.45) is 0 Å². The normalized spacial score (nSPS) is 19.0. The zero-order valence-electron chi connectivity index (χ0n) is 9.36. The number of rotatable bonds is 3. The average molecular weight is 239 g/mol. The molecule has 92 valence electrons. The lowest BCUT2D eigenvalue weighted by Gasteiger charge is -2.09. The van der Waals surface area contributed by atoms with Gasteiger partial charge in [0.05, 0.1) is 19.0 Å². The van der Waals surface area contributed by atoms with Crippen LogP contribution in [0.25, 0.3) is 0 Å². The highest BCUT2D eigenvalue weighted by Gasteiger charge is 2.25. The zero-order valence-corrected chi connectivity index (χ0v) is 9.36. The molecule has 0 aliphatic carbocycles. The third kappa shape index (κ3) is 2.44. The molecule has 7 heteroatoms. The van der Waals surface area contributed by atoms with Crippen molar-refractivity contribution in [3.05, 3.63) is 11.9 Å². The van der Waals surface area contributed by atoms with Crippen molar-refractivity contribution in [1.29, 1.82) is 0 Å². The van der Waals surface area contributed by atoms with Crippen LogP contribution in [-0.4, -0.2) is 41.9 Å². The van der Waals surface area contributed by atoms with Crippen molar-refractivity contribution in [3.8, 4) is 0 Å². The summed E-state index contributed by atoms with van der Waals surface area (Å²) in [6.07, 6.45) is 2.47. The summed E-state index contributed by atoms with van der Waals surface area (Å²) in [4.78, 5) is 23.1. The molecular formula is C10H13N3O4. The third-order valence-electron chi connectivity index (χ3n) is 2.51. The molecule has 17 heavy (non-hydrogen) atoms. The molecule has 7 nitrogen and oxygen atoms in total. The molecule has 0 saturated carbocycles. The third-order valence-corrected chi connectivity index (χ3v) is 2.51. The van der Waals surface area contributed by atoms with Crippen LogP contribution < -0.4 is 5.32 Å². The molecule has 0 radical (unpaired) electrons. The van der Waals surface area contributed by atoms with Gasteiger partial charge in [-0.3, -0.25) is 9.89 Å². The molecule has 0 aromatic carbocycles. The van der Waals surface area contributed by atoms with E-state index in [1.165, 1.54) is 13.3 Å². The maximum atomic E-state index is 11.7. The second-order valence-corrected chi connectivity index (χ2v) is 3.64. The van der Waals surface area contributed by atoms with Crippen LogP contribution in [0, 0.1) is 0 Å². The van der Waals surface area contributed by atoms with Crippen LogP contribution >= 0.6 is 0 Å². The number of H-pyrrole nitrogens is 1. The fourth-order valence-corrected chi connectivity index (χ4v) is 1.64. The summed E-state index contributed by atoms with van der Waals surface area (Å²) in [5.74, 6) is -0.848. The Hall–Kier alpha value is -1.89. The number of nitrogens with zero attached hydrogens (tertiary/aromatic N) is 1. The molecule has 1 atom stereocenters. The lowest BCUT2D eigenvalue weighted by molar-refractivity contribution is -0.124. The summed E-state index contributed by atoms with van der Waals surface area (Å²) < 4.78 is 9.78. The highest BCUT2D eigenvalue weighted by molar-refractivity contribution is 6.01. The second-order valence-electron chi connectivity index (χ2n) is 3.64. The number of carbonyl (C=O) groups excluding carboxylic acids is 2. The number of hydrogen-bond acceptors (Lipinski definition) is 5. The van der Waals surface area contributed by atoms with Crippen molar-refractivity contribution in [1.82, 2.24) is 10.2 Å². The SMILES string of the molecule is COC(=O)c1[nH]ncc1NC(=O)[C@@H]1CCCO1. The van der Waals surface area contributed by atoms with Crippen LogP contribution in [0.1, 0.15) is 23.3 Å². The summed E-state index contributed by atoms with van der Waals surface area (Å²) in [7, 11) is 1.26. The number of carbonyl (C=O) groups is 2. The molecule has 0 bridgehead atoms. The molecule has 0 spiro atoms. The van der Waals surface area contributed by atoms with E-state index >= 15 is 0 Å². The van der Waals surface area contributed by atoms with Gasteiger partial charge < -0.3 is 14.8 Å². The number of esters is 1. The molecule has 2 heterocycles. The van der Waals surface area contributed by atoms with Crippen LogP contribution in [0.2, 0.25) is 0 Å². The van der Waals surface area contributed by atoms with E-state index in [4.69, 9.17) is 4.74 Å². The minimum atomic E-state index is -0.579. The maximum Gasteiger partial charge on any atom is 0.358 e. The molecule has 2 rings (SSSR count). The van der Waals surface area contributed by atoms with Crippen molar-refractivity contribution in [3.63, 3.8) is 0 Å². The van der Waals surface area contributed by atoms with Gasteiger partial charge in [0.2, 0.25) is 0 Å². The van der Waals surface area contributed by atoms with Gasteiger partial charge in [0.1, 0.15) is 6.10 Å². The van der Waals surface area contributed by atoms with Crippen LogP contribution in [-0.2, 0) is 14.3 Å².